The average molecular weight is 437 g/mol. The lowest BCUT2D eigenvalue weighted by molar-refractivity contribution is -0.123. The summed E-state index contributed by atoms with van der Waals surface area (Å²) in [4.78, 5) is 35.9. The van der Waals surface area contributed by atoms with Crippen LogP contribution in [0.5, 0.6) is 11.5 Å². The van der Waals surface area contributed by atoms with Gasteiger partial charge in [0.25, 0.3) is 17.7 Å². The summed E-state index contributed by atoms with van der Waals surface area (Å²) >= 11 is 0. The number of amides is 3. The second-order valence-corrected chi connectivity index (χ2v) is 6.76. The van der Waals surface area contributed by atoms with E-state index in [9.17, 15) is 19.5 Å². The van der Waals surface area contributed by atoms with Crippen molar-refractivity contribution in [3.05, 3.63) is 78.3 Å². The fraction of sp³-hybridized carbons (Fsp3) is 0.174. The Hall–Kier alpha value is -4.27. The zero-order valence-electron chi connectivity index (χ0n) is 17.2. The number of furan rings is 1. The molecule has 4 N–H and O–H groups in total. The normalized spacial score (nSPS) is 10.2. The average Bonchev–Trinajstić information content (AvgIpc) is 3.33. The van der Waals surface area contributed by atoms with Gasteiger partial charge in [-0.15, -0.1) is 0 Å². The topological polar surface area (TPSA) is 130 Å². The lowest BCUT2D eigenvalue weighted by Crippen LogP contribution is -2.32. The molecule has 3 aromatic rings. The number of carbonyl (C=O) groups excluding carboxylic acids is 3. The number of phenolic OH excluding ortho intramolecular Hbond substituents is 1. The molecule has 0 saturated carbocycles. The summed E-state index contributed by atoms with van der Waals surface area (Å²) in [7, 11) is 0. The molecular formula is C23H23N3O6. The lowest BCUT2D eigenvalue weighted by Gasteiger charge is -2.10. The monoisotopic (exact) mass is 437 g/mol. The fourth-order valence-electron chi connectivity index (χ4n) is 2.73. The van der Waals surface area contributed by atoms with E-state index < -0.39 is 0 Å². The van der Waals surface area contributed by atoms with Crippen LogP contribution in [0.2, 0.25) is 0 Å². The number of aromatic hydroxyl groups is 1. The van der Waals surface area contributed by atoms with Crippen molar-refractivity contribution in [2.75, 3.05) is 25.0 Å². The van der Waals surface area contributed by atoms with Crippen LogP contribution in [0.1, 0.15) is 27.3 Å². The standard InChI is InChI=1S/C23H23N3O6/c27-18-7-1-5-16(13-18)22(29)25-11-4-10-24-21(28)15-32-19-8-2-6-17(14-19)26-23(30)20-9-3-12-31-20/h1-3,5-9,12-14,27H,4,10-11,15H2,(H,24,28)(H,25,29)(H,26,30). The molecule has 32 heavy (non-hydrogen) atoms. The molecule has 1 aromatic heterocycles. The molecule has 0 aliphatic carbocycles. The molecule has 0 spiro atoms. The Kier molecular flexibility index (Phi) is 7.85. The van der Waals surface area contributed by atoms with Gasteiger partial charge in [-0.05, 0) is 48.9 Å². The fourth-order valence-corrected chi connectivity index (χ4v) is 2.73. The van der Waals surface area contributed by atoms with Gasteiger partial charge < -0.3 is 30.2 Å². The summed E-state index contributed by atoms with van der Waals surface area (Å²) < 4.78 is 10.5. The highest BCUT2D eigenvalue weighted by molar-refractivity contribution is 6.02. The summed E-state index contributed by atoms with van der Waals surface area (Å²) in [5.41, 5.74) is 0.872. The minimum absolute atomic E-state index is 0.0235. The maximum Gasteiger partial charge on any atom is 0.291 e. The van der Waals surface area contributed by atoms with Crippen LogP contribution in [-0.4, -0.2) is 42.5 Å². The van der Waals surface area contributed by atoms with Crippen molar-refractivity contribution < 1.29 is 28.6 Å². The van der Waals surface area contributed by atoms with Crippen LogP contribution >= 0.6 is 0 Å². The van der Waals surface area contributed by atoms with Crippen molar-refractivity contribution in [1.29, 1.82) is 0 Å². The Bertz CT molecular complexity index is 1070. The number of anilines is 1. The van der Waals surface area contributed by atoms with Crippen LogP contribution in [0.25, 0.3) is 0 Å². The molecule has 9 heteroatoms. The van der Waals surface area contributed by atoms with Crippen LogP contribution in [-0.2, 0) is 4.79 Å². The van der Waals surface area contributed by atoms with Crippen molar-refractivity contribution in [2.45, 2.75) is 6.42 Å². The van der Waals surface area contributed by atoms with Crippen molar-refractivity contribution in [3.8, 4) is 11.5 Å². The van der Waals surface area contributed by atoms with Gasteiger partial charge in [-0.2, -0.15) is 0 Å². The number of hydrogen-bond acceptors (Lipinski definition) is 6. The quantitative estimate of drug-likeness (QED) is 0.361. The van der Waals surface area contributed by atoms with E-state index in [-0.39, 0.29) is 35.8 Å². The molecule has 2 aromatic carbocycles. The summed E-state index contributed by atoms with van der Waals surface area (Å²) in [5.74, 6) is -0.357. The van der Waals surface area contributed by atoms with Crippen LogP contribution in [0.3, 0.4) is 0 Å². The smallest absolute Gasteiger partial charge is 0.291 e. The molecule has 0 bridgehead atoms. The Balaban J connectivity index is 1.33. The second-order valence-electron chi connectivity index (χ2n) is 6.76. The highest BCUT2D eigenvalue weighted by Crippen LogP contribution is 2.18. The Morgan fingerprint density at radius 1 is 0.906 bits per heavy atom. The summed E-state index contributed by atoms with van der Waals surface area (Å²) in [6, 6.07) is 15.9. The molecule has 3 amide bonds. The first kappa shape index (κ1) is 22.4. The van der Waals surface area contributed by atoms with Crippen LogP contribution in [0, 0.1) is 0 Å². The maximum atomic E-state index is 12.0. The van der Waals surface area contributed by atoms with E-state index in [1.165, 1.54) is 18.4 Å². The third kappa shape index (κ3) is 6.91. The Morgan fingerprint density at radius 2 is 1.72 bits per heavy atom. The predicted molar refractivity (Wildman–Crippen MR) is 117 cm³/mol. The van der Waals surface area contributed by atoms with Crippen LogP contribution in [0.15, 0.2) is 71.3 Å². The molecule has 0 aliphatic rings. The molecule has 0 saturated heterocycles. The van der Waals surface area contributed by atoms with Gasteiger partial charge >= 0.3 is 0 Å². The van der Waals surface area contributed by atoms with E-state index in [0.717, 1.165) is 0 Å². The second kappa shape index (κ2) is 11.2. The SMILES string of the molecule is O=C(COc1cccc(NC(=O)c2ccco2)c1)NCCCNC(=O)c1cccc(O)c1. The van der Waals surface area contributed by atoms with E-state index >= 15 is 0 Å². The van der Waals surface area contributed by atoms with E-state index in [1.54, 1.807) is 48.5 Å². The van der Waals surface area contributed by atoms with E-state index in [0.29, 0.717) is 36.5 Å². The van der Waals surface area contributed by atoms with Crippen LogP contribution in [0.4, 0.5) is 5.69 Å². The number of rotatable bonds is 10. The predicted octanol–water partition coefficient (Wildman–Crippen LogP) is 2.55. The van der Waals surface area contributed by atoms with Gasteiger partial charge in [0.05, 0.1) is 6.26 Å². The van der Waals surface area contributed by atoms with E-state index in [1.807, 2.05) is 0 Å². The molecule has 0 atom stereocenters. The lowest BCUT2D eigenvalue weighted by atomic mass is 10.2. The Labute approximate surface area is 184 Å². The zero-order valence-corrected chi connectivity index (χ0v) is 17.2. The van der Waals surface area contributed by atoms with Crippen molar-refractivity contribution in [3.63, 3.8) is 0 Å². The van der Waals surface area contributed by atoms with Gasteiger partial charge in [0.1, 0.15) is 11.5 Å². The Morgan fingerprint density at radius 3 is 2.50 bits per heavy atom. The number of ether oxygens (including phenoxy) is 1. The van der Waals surface area contributed by atoms with E-state index in [4.69, 9.17) is 9.15 Å². The third-order valence-corrected chi connectivity index (χ3v) is 4.28. The molecule has 9 nitrogen and oxygen atoms in total. The number of hydrogen-bond donors (Lipinski definition) is 4. The largest absolute Gasteiger partial charge is 0.508 e. The minimum atomic E-state index is -0.388. The van der Waals surface area contributed by atoms with Crippen molar-refractivity contribution in [1.82, 2.24) is 10.6 Å². The first-order chi connectivity index (χ1) is 15.5. The first-order valence-electron chi connectivity index (χ1n) is 9.93. The first-order valence-corrected chi connectivity index (χ1v) is 9.93. The number of phenols is 1. The third-order valence-electron chi connectivity index (χ3n) is 4.28. The van der Waals surface area contributed by atoms with Crippen molar-refractivity contribution >= 4 is 23.4 Å². The minimum Gasteiger partial charge on any atom is -0.508 e. The molecule has 3 rings (SSSR count). The molecule has 0 aliphatic heterocycles. The number of nitrogens with one attached hydrogen (secondary N) is 3. The van der Waals surface area contributed by atoms with Gasteiger partial charge in [0.2, 0.25) is 0 Å². The van der Waals surface area contributed by atoms with Gasteiger partial charge in [-0.1, -0.05) is 12.1 Å². The molecular weight excluding hydrogens is 414 g/mol. The zero-order chi connectivity index (χ0) is 22.8. The molecule has 1 heterocycles. The van der Waals surface area contributed by atoms with Gasteiger partial charge in [-0.25, -0.2) is 0 Å². The molecule has 0 fully saturated rings. The number of carbonyl (C=O) groups is 3. The number of benzene rings is 2. The highest BCUT2D eigenvalue weighted by atomic mass is 16.5. The van der Waals surface area contributed by atoms with Crippen molar-refractivity contribution in [2.24, 2.45) is 0 Å². The molecule has 166 valence electrons. The maximum absolute atomic E-state index is 12.0. The summed E-state index contributed by atoms with van der Waals surface area (Å²) in [6.45, 7) is 0.542. The van der Waals surface area contributed by atoms with E-state index in [2.05, 4.69) is 16.0 Å². The van der Waals surface area contributed by atoms with Gasteiger partial charge in [-0.3, -0.25) is 14.4 Å². The van der Waals surface area contributed by atoms with Crippen LogP contribution < -0.4 is 20.7 Å². The van der Waals surface area contributed by atoms with Gasteiger partial charge in [0.15, 0.2) is 12.4 Å². The summed E-state index contributed by atoms with van der Waals surface area (Å²) in [5, 5.41) is 17.5. The highest BCUT2D eigenvalue weighted by Gasteiger charge is 2.10. The molecule has 0 unspecified atom stereocenters. The molecule has 0 radical (unpaired) electrons. The summed E-state index contributed by atoms with van der Waals surface area (Å²) in [6.07, 6.45) is 1.95. The van der Waals surface area contributed by atoms with Gasteiger partial charge in [0, 0.05) is 30.4 Å².